The van der Waals surface area contributed by atoms with E-state index in [0.717, 1.165) is 109 Å². The van der Waals surface area contributed by atoms with E-state index in [9.17, 15) is 14.4 Å². The Bertz CT molecular complexity index is 1070. The number of allylic oxidation sites excluding steroid dienone is 10. The first-order valence-electron chi connectivity index (χ1n) is 24.3. The van der Waals surface area contributed by atoms with Gasteiger partial charge in [-0.25, -0.2) is 0 Å². The van der Waals surface area contributed by atoms with Crippen LogP contribution in [-0.2, 0) is 28.6 Å². The van der Waals surface area contributed by atoms with Crippen LogP contribution in [0.25, 0.3) is 0 Å². The smallest absolute Gasteiger partial charge is 0.306 e. The highest BCUT2D eigenvalue weighted by molar-refractivity contribution is 5.71. The van der Waals surface area contributed by atoms with E-state index in [1.165, 1.54) is 83.5 Å². The molecule has 0 rings (SSSR count). The van der Waals surface area contributed by atoms with Crippen LogP contribution in [0.2, 0.25) is 0 Å². The van der Waals surface area contributed by atoms with Crippen molar-refractivity contribution in [1.82, 2.24) is 0 Å². The summed E-state index contributed by atoms with van der Waals surface area (Å²) in [5, 5.41) is 0. The van der Waals surface area contributed by atoms with Crippen LogP contribution in [0.5, 0.6) is 0 Å². The zero-order chi connectivity index (χ0) is 42.3. The molecular weight excluding hydrogens is 721 g/mol. The van der Waals surface area contributed by atoms with E-state index in [1.54, 1.807) is 0 Å². The van der Waals surface area contributed by atoms with E-state index in [-0.39, 0.29) is 31.1 Å². The first-order chi connectivity index (χ1) is 28.5. The summed E-state index contributed by atoms with van der Waals surface area (Å²) in [5.74, 6) is -0.901. The van der Waals surface area contributed by atoms with Crippen LogP contribution in [0.4, 0.5) is 0 Å². The third-order valence-corrected chi connectivity index (χ3v) is 10.2. The summed E-state index contributed by atoms with van der Waals surface area (Å²) >= 11 is 0. The van der Waals surface area contributed by atoms with Crippen molar-refractivity contribution >= 4 is 17.9 Å². The maximum atomic E-state index is 12.7. The van der Waals surface area contributed by atoms with Crippen molar-refractivity contribution in [2.45, 2.75) is 239 Å². The number of carbonyl (C=O) groups is 3. The summed E-state index contributed by atoms with van der Waals surface area (Å²) in [6.45, 7) is 6.42. The van der Waals surface area contributed by atoms with Gasteiger partial charge in [-0.1, -0.05) is 197 Å². The highest BCUT2D eigenvalue weighted by Gasteiger charge is 2.19. The van der Waals surface area contributed by atoms with E-state index < -0.39 is 6.10 Å². The van der Waals surface area contributed by atoms with Gasteiger partial charge in [0.25, 0.3) is 0 Å². The molecule has 0 saturated heterocycles. The number of rotatable bonds is 43. The van der Waals surface area contributed by atoms with Gasteiger partial charge in [0.1, 0.15) is 13.2 Å². The van der Waals surface area contributed by atoms with Crippen molar-refractivity contribution in [3.63, 3.8) is 0 Å². The van der Waals surface area contributed by atoms with Crippen LogP contribution in [0, 0.1) is 0 Å². The molecule has 0 bridgehead atoms. The number of carbonyl (C=O) groups excluding carboxylic acids is 3. The van der Waals surface area contributed by atoms with Crippen molar-refractivity contribution in [3.05, 3.63) is 60.8 Å². The molecule has 58 heavy (non-hydrogen) atoms. The number of hydrogen-bond donors (Lipinski definition) is 0. The number of hydrogen-bond acceptors (Lipinski definition) is 6. The third-order valence-electron chi connectivity index (χ3n) is 10.2. The van der Waals surface area contributed by atoms with Crippen LogP contribution in [0.3, 0.4) is 0 Å². The second-order valence-corrected chi connectivity index (χ2v) is 16.0. The fourth-order valence-electron chi connectivity index (χ4n) is 6.61. The second-order valence-electron chi connectivity index (χ2n) is 16.0. The lowest BCUT2D eigenvalue weighted by molar-refractivity contribution is -0.167. The van der Waals surface area contributed by atoms with Crippen molar-refractivity contribution in [1.29, 1.82) is 0 Å². The predicted octanol–water partition coefficient (Wildman–Crippen LogP) is 15.7. The normalized spacial score (nSPS) is 12.5. The van der Waals surface area contributed by atoms with Gasteiger partial charge in [-0.15, -0.1) is 0 Å². The van der Waals surface area contributed by atoms with E-state index >= 15 is 0 Å². The Hall–Kier alpha value is -2.89. The zero-order valence-corrected chi connectivity index (χ0v) is 38.0. The molecule has 0 radical (unpaired) electrons. The van der Waals surface area contributed by atoms with E-state index in [2.05, 4.69) is 81.5 Å². The molecule has 1 atom stereocenters. The maximum Gasteiger partial charge on any atom is 0.306 e. The van der Waals surface area contributed by atoms with Gasteiger partial charge in [0, 0.05) is 19.3 Å². The molecule has 6 heteroatoms. The van der Waals surface area contributed by atoms with Crippen LogP contribution >= 0.6 is 0 Å². The lowest BCUT2D eigenvalue weighted by Crippen LogP contribution is -2.30. The first-order valence-corrected chi connectivity index (χ1v) is 24.3. The molecule has 334 valence electrons. The number of esters is 3. The van der Waals surface area contributed by atoms with Gasteiger partial charge in [-0.05, 0) is 77.0 Å². The molecule has 6 nitrogen and oxygen atoms in total. The number of ether oxygens (including phenoxy) is 3. The van der Waals surface area contributed by atoms with Crippen molar-refractivity contribution < 1.29 is 28.6 Å². The maximum absolute atomic E-state index is 12.7. The topological polar surface area (TPSA) is 78.9 Å². The van der Waals surface area contributed by atoms with Gasteiger partial charge >= 0.3 is 17.9 Å². The quantitative estimate of drug-likeness (QED) is 0.0264. The zero-order valence-electron chi connectivity index (χ0n) is 38.0. The van der Waals surface area contributed by atoms with Crippen molar-refractivity contribution in [2.75, 3.05) is 13.2 Å². The van der Waals surface area contributed by atoms with E-state index in [0.29, 0.717) is 19.3 Å². The Kier molecular flexibility index (Phi) is 44.5. The average molecular weight is 811 g/mol. The van der Waals surface area contributed by atoms with Gasteiger partial charge in [0.15, 0.2) is 6.10 Å². The molecular formula is C52H90O6. The minimum Gasteiger partial charge on any atom is -0.462 e. The molecule has 0 N–H and O–H groups in total. The monoisotopic (exact) mass is 811 g/mol. The Labute approximate surface area is 358 Å². The molecule has 0 heterocycles. The summed E-state index contributed by atoms with van der Waals surface area (Å²) in [5.41, 5.74) is 0. The summed E-state index contributed by atoms with van der Waals surface area (Å²) < 4.78 is 16.7. The molecule has 0 aliphatic heterocycles. The van der Waals surface area contributed by atoms with Crippen molar-refractivity contribution in [2.24, 2.45) is 0 Å². The molecule has 0 spiro atoms. The fraction of sp³-hybridized carbons (Fsp3) is 0.750. The third kappa shape index (κ3) is 44.2. The van der Waals surface area contributed by atoms with Gasteiger partial charge in [-0.2, -0.15) is 0 Å². The van der Waals surface area contributed by atoms with Gasteiger partial charge in [0.2, 0.25) is 0 Å². The largest absolute Gasteiger partial charge is 0.462 e. The Morgan fingerprint density at radius 1 is 0.362 bits per heavy atom. The van der Waals surface area contributed by atoms with Crippen LogP contribution in [-0.4, -0.2) is 37.2 Å². The highest BCUT2D eigenvalue weighted by Crippen LogP contribution is 2.14. The van der Waals surface area contributed by atoms with Crippen LogP contribution < -0.4 is 0 Å². The van der Waals surface area contributed by atoms with E-state index in [1.807, 2.05) is 0 Å². The highest BCUT2D eigenvalue weighted by atomic mass is 16.6. The van der Waals surface area contributed by atoms with Gasteiger partial charge in [0.05, 0.1) is 0 Å². The molecule has 0 aliphatic carbocycles. The first kappa shape index (κ1) is 55.1. The molecule has 0 aliphatic rings. The average Bonchev–Trinajstić information content (AvgIpc) is 3.22. The summed E-state index contributed by atoms with van der Waals surface area (Å²) in [6.07, 6.45) is 56.4. The molecule has 0 aromatic heterocycles. The van der Waals surface area contributed by atoms with Crippen LogP contribution in [0.15, 0.2) is 60.8 Å². The van der Waals surface area contributed by atoms with Gasteiger partial charge < -0.3 is 14.2 Å². The molecule has 1 unspecified atom stereocenters. The minimum absolute atomic E-state index is 0.0791. The SMILES string of the molecule is CC/C=C\C/C=C\C/C=C\C/C=C\CCCCCCCCCCC(=O)OCC(COC(=O)CCCCCCCCCCC)OC(=O)CCCCCCC/C=C\CCC. The fourth-order valence-corrected chi connectivity index (χ4v) is 6.61. The van der Waals surface area contributed by atoms with Gasteiger partial charge in [-0.3, -0.25) is 14.4 Å². The Morgan fingerprint density at radius 2 is 0.707 bits per heavy atom. The molecule has 0 saturated carbocycles. The molecule has 0 aromatic rings. The molecule has 0 amide bonds. The predicted molar refractivity (Wildman–Crippen MR) is 247 cm³/mol. The van der Waals surface area contributed by atoms with Crippen LogP contribution in [0.1, 0.15) is 233 Å². The summed E-state index contributed by atoms with van der Waals surface area (Å²) in [7, 11) is 0. The summed E-state index contributed by atoms with van der Waals surface area (Å²) in [4.78, 5) is 37.7. The molecule has 0 aromatic carbocycles. The lowest BCUT2D eigenvalue weighted by Gasteiger charge is -2.18. The Balaban J connectivity index is 4.26. The molecule has 0 fully saturated rings. The van der Waals surface area contributed by atoms with Crippen molar-refractivity contribution in [3.8, 4) is 0 Å². The second kappa shape index (κ2) is 46.8. The minimum atomic E-state index is -0.777. The Morgan fingerprint density at radius 3 is 1.14 bits per heavy atom. The van der Waals surface area contributed by atoms with E-state index in [4.69, 9.17) is 14.2 Å². The number of unbranched alkanes of at least 4 members (excludes halogenated alkanes) is 22. The summed E-state index contributed by atoms with van der Waals surface area (Å²) in [6, 6.07) is 0. The lowest BCUT2D eigenvalue weighted by atomic mass is 10.1. The standard InChI is InChI=1S/C52H90O6/c1-4-7-10-13-16-19-21-22-23-24-25-26-27-28-29-30-31-34-36-39-42-45-51(54)57-48-49(47-56-50(53)44-41-38-35-32-18-15-12-9-6-3)58-52(55)46-43-40-37-33-20-17-14-11-8-5-2/h7,10-11,14,16,19,22-23,25-26,49H,4-6,8-9,12-13,15,17-18,20-21,24,27-48H2,1-3H3/b10-7-,14-11-,19-16-,23-22-,26-25-.